The Morgan fingerprint density at radius 2 is 1.67 bits per heavy atom. The summed E-state index contributed by atoms with van der Waals surface area (Å²) in [6.45, 7) is 0.445. The monoisotopic (exact) mass is 359 g/mol. The van der Waals surface area contributed by atoms with Gasteiger partial charge in [-0.3, -0.25) is 4.79 Å². The zero-order valence-electron chi connectivity index (χ0n) is 14.4. The molecule has 0 radical (unpaired) electrons. The molecule has 1 amide bonds. The quantitative estimate of drug-likeness (QED) is 0.587. The standard InChI is InChI=1S/C21H17N3O3/c25-20(22-10-9-19-23-15-7-3-4-8-16(15)24-19)21-26-17-11-13-5-1-2-6-14(13)12-18(17)27-21/h1-8,11-12,21H,9-10H2,(H,22,25)(H,23,24). The number of hydrogen-bond acceptors (Lipinski definition) is 4. The molecule has 2 N–H and O–H groups in total. The van der Waals surface area contributed by atoms with Crippen molar-refractivity contribution in [2.24, 2.45) is 0 Å². The molecule has 1 aromatic heterocycles. The number of hydrogen-bond donors (Lipinski definition) is 2. The molecule has 0 spiro atoms. The van der Waals surface area contributed by atoms with Crippen LogP contribution in [0, 0.1) is 0 Å². The van der Waals surface area contributed by atoms with Crippen molar-refractivity contribution in [3.63, 3.8) is 0 Å². The molecule has 0 unspecified atom stereocenters. The first kappa shape index (κ1) is 15.7. The maximum Gasteiger partial charge on any atom is 0.321 e. The molecule has 0 saturated heterocycles. The maximum atomic E-state index is 12.4. The molecule has 134 valence electrons. The smallest absolute Gasteiger partial charge is 0.321 e. The highest BCUT2D eigenvalue weighted by molar-refractivity contribution is 5.88. The number of fused-ring (bicyclic) bond motifs is 3. The number of carbonyl (C=O) groups excluding carboxylic acids is 1. The van der Waals surface area contributed by atoms with Gasteiger partial charge in [-0.05, 0) is 35.0 Å². The molecule has 3 aromatic carbocycles. The van der Waals surface area contributed by atoms with Gasteiger partial charge in [0.1, 0.15) is 5.82 Å². The molecule has 27 heavy (non-hydrogen) atoms. The Bertz CT molecular complexity index is 1070. The van der Waals surface area contributed by atoms with Gasteiger partial charge in [-0.15, -0.1) is 0 Å². The predicted molar refractivity (Wildman–Crippen MR) is 102 cm³/mol. The van der Waals surface area contributed by atoms with Crippen LogP contribution in [-0.2, 0) is 11.2 Å². The Balaban J connectivity index is 1.22. The van der Waals surface area contributed by atoms with Gasteiger partial charge in [-0.1, -0.05) is 36.4 Å². The van der Waals surface area contributed by atoms with Gasteiger partial charge in [-0.2, -0.15) is 0 Å². The Kier molecular flexibility index (Phi) is 3.67. The minimum atomic E-state index is -0.965. The highest BCUT2D eigenvalue weighted by Gasteiger charge is 2.30. The number of aromatic nitrogens is 2. The van der Waals surface area contributed by atoms with Crippen LogP contribution >= 0.6 is 0 Å². The number of imidazole rings is 1. The van der Waals surface area contributed by atoms with Crippen LogP contribution in [0.15, 0.2) is 60.7 Å². The molecule has 0 bridgehead atoms. The van der Waals surface area contributed by atoms with Gasteiger partial charge in [-0.25, -0.2) is 4.98 Å². The second-order valence-electron chi connectivity index (χ2n) is 6.46. The molecule has 0 saturated carbocycles. The molecule has 2 heterocycles. The van der Waals surface area contributed by atoms with Gasteiger partial charge in [0.15, 0.2) is 11.5 Å². The fourth-order valence-electron chi connectivity index (χ4n) is 3.26. The van der Waals surface area contributed by atoms with Crippen LogP contribution in [0.1, 0.15) is 5.82 Å². The predicted octanol–water partition coefficient (Wildman–Crippen LogP) is 3.17. The van der Waals surface area contributed by atoms with Crippen molar-refractivity contribution in [3.05, 3.63) is 66.5 Å². The molecular weight excluding hydrogens is 342 g/mol. The normalized spacial score (nSPS) is 13.3. The Morgan fingerprint density at radius 3 is 2.37 bits per heavy atom. The summed E-state index contributed by atoms with van der Waals surface area (Å²) in [6, 6.07) is 19.6. The molecule has 1 aliphatic heterocycles. The number of rotatable bonds is 4. The van der Waals surface area contributed by atoms with E-state index < -0.39 is 6.29 Å². The Morgan fingerprint density at radius 1 is 1.00 bits per heavy atom. The van der Waals surface area contributed by atoms with Crippen LogP contribution in [0.3, 0.4) is 0 Å². The van der Waals surface area contributed by atoms with Gasteiger partial charge in [0.2, 0.25) is 0 Å². The lowest BCUT2D eigenvalue weighted by Gasteiger charge is -2.10. The first-order valence-electron chi connectivity index (χ1n) is 8.84. The molecule has 0 aliphatic carbocycles. The van der Waals surface area contributed by atoms with Crippen LogP contribution in [0.5, 0.6) is 11.5 Å². The molecule has 4 aromatic rings. The van der Waals surface area contributed by atoms with E-state index in [1.807, 2.05) is 60.7 Å². The van der Waals surface area contributed by atoms with E-state index in [-0.39, 0.29) is 5.91 Å². The van der Waals surface area contributed by atoms with Crippen LogP contribution in [0.4, 0.5) is 0 Å². The van der Waals surface area contributed by atoms with Crippen molar-refractivity contribution >= 4 is 27.7 Å². The van der Waals surface area contributed by atoms with Crippen molar-refractivity contribution < 1.29 is 14.3 Å². The summed E-state index contributed by atoms with van der Waals surface area (Å²) >= 11 is 0. The number of H-pyrrole nitrogens is 1. The van der Waals surface area contributed by atoms with Crippen molar-refractivity contribution in [1.82, 2.24) is 15.3 Å². The van der Waals surface area contributed by atoms with Crippen molar-refractivity contribution in [2.45, 2.75) is 12.7 Å². The van der Waals surface area contributed by atoms with Crippen molar-refractivity contribution in [3.8, 4) is 11.5 Å². The molecule has 0 atom stereocenters. The number of aromatic amines is 1. The summed E-state index contributed by atoms with van der Waals surface area (Å²) < 4.78 is 11.3. The summed E-state index contributed by atoms with van der Waals surface area (Å²) in [7, 11) is 0. The summed E-state index contributed by atoms with van der Waals surface area (Å²) in [6.07, 6.45) is -0.364. The first-order valence-corrected chi connectivity index (χ1v) is 8.84. The molecule has 1 aliphatic rings. The summed E-state index contributed by atoms with van der Waals surface area (Å²) in [5, 5.41) is 4.94. The lowest BCUT2D eigenvalue weighted by Crippen LogP contribution is -2.40. The van der Waals surface area contributed by atoms with E-state index in [4.69, 9.17) is 9.47 Å². The van der Waals surface area contributed by atoms with E-state index in [1.54, 1.807) is 0 Å². The maximum absolute atomic E-state index is 12.4. The van der Waals surface area contributed by atoms with E-state index in [1.165, 1.54) is 0 Å². The third-order valence-corrected chi connectivity index (χ3v) is 4.59. The first-order chi connectivity index (χ1) is 13.3. The number of benzene rings is 3. The number of carbonyl (C=O) groups is 1. The second kappa shape index (κ2) is 6.32. The lowest BCUT2D eigenvalue weighted by molar-refractivity contribution is -0.136. The molecule has 6 heteroatoms. The third kappa shape index (κ3) is 2.95. The molecular formula is C21H17N3O3. The summed E-state index contributed by atoms with van der Waals surface area (Å²) in [5.41, 5.74) is 1.91. The summed E-state index contributed by atoms with van der Waals surface area (Å²) in [4.78, 5) is 20.1. The fourth-order valence-corrected chi connectivity index (χ4v) is 3.26. The largest absolute Gasteiger partial charge is 0.442 e. The number of nitrogens with one attached hydrogen (secondary N) is 2. The topological polar surface area (TPSA) is 76.2 Å². The fraction of sp³-hybridized carbons (Fsp3) is 0.143. The molecule has 0 fully saturated rings. The number of amides is 1. The molecule has 6 nitrogen and oxygen atoms in total. The van der Waals surface area contributed by atoms with Gasteiger partial charge in [0.25, 0.3) is 0 Å². The van der Waals surface area contributed by atoms with Gasteiger partial charge < -0.3 is 19.8 Å². The van der Waals surface area contributed by atoms with E-state index in [0.717, 1.165) is 27.6 Å². The SMILES string of the molecule is O=C(NCCc1nc2ccccc2[nH]1)C1Oc2cc3ccccc3cc2O1. The highest BCUT2D eigenvalue weighted by Crippen LogP contribution is 2.38. The summed E-state index contributed by atoms with van der Waals surface area (Å²) in [5.74, 6) is 1.71. The van der Waals surface area contributed by atoms with Crippen molar-refractivity contribution in [2.75, 3.05) is 6.54 Å². The number of ether oxygens (including phenoxy) is 2. The zero-order chi connectivity index (χ0) is 18.2. The van der Waals surface area contributed by atoms with E-state index >= 15 is 0 Å². The van der Waals surface area contributed by atoms with Crippen LogP contribution in [0.2, 0.25) is 0 Å². The average Bonchev–Trinajstić information content (AvgIpc) is 3.29. The molecule has 5 rings (SSSR count). The van der Waals surface area contributed by atoms with E-state index in [0.29, 0.717) is 24.5 Å². The minimum Gasteiger partial charge on any atom is -0.442 e. The third-order valence-electron chi connectivity index (χ3n) is 4.59. The van der Waals surface area contributed by atoms with Crippen molar-refractivity contribution in [1.29, 1.82) is 0 Å². The number of nitrogens with zero attached hydrogens (tertiary/aromatic N) is 1. The lowest BCUT2D eigenvalue weighted by atomic mass is 10.1. The highest BCUT2D eigenvalue weighted by atomic mass is 16.7. The van der Waals surface area contributed by atoms with Crippen LogP contribution in [0.25, 0.3) is 21.8 Å². The minimum absolute atomic E-state index is 0.300. The average molecular weight is 359 g/mol. The number of para-hydroxylation sites is 2. The van der Waals surface area contributed by atoms with Gasteiger partial charge >= 0.3 is 12.2 Å². The second-order valence-corrected chi connectivity index (χ2v) is 6.46. The van der Waals surface area contributed by atoms with E-state index in [2.05, 4.69) is 15.3 Å². The van der Waals surface area contributed by atoms with Crippen LogP contribution in [-0.4, -0.2) is 28.7 Å². The van der Waals surface area contributed by atoms with Crippen LogP contribution < -0.4 is 14.8 Å². The van der Waals surface area contributed by atoms with Gasteiger partial charge in [0.05, 0.1) is 11.0 Å². The Hall–Kier alpha value is -3.54. The van der Waals surface area contributed by atoms with Gasteiger partial charge in [0, 0.05) is 13.0 Å². The Labute approximate surface area is 155 Å². The van der Waals surface area contributed by atoms with E-state index in [9.17, 15) is 4.79 Å². The zero-order valence-corrected chi connectivity index (χ0v) is 14.4.